The number of aliphatic hydroxyl groups is 1. The number of carboxylic acids is 1. The van der Waals surface area contributed by atoms with Crippen LogP contribution in [0.15, 0.2) is 12.2 Å². The van der Waals surface area contributed by atoms with Crippen LogP contribution in [0.2, 0.25) is 0 Å². The van der Waals surface area contributed by atoms with Gasteiger partial charge in [-0.1, -0.05) is 31.9 Å². The third kappa shape index (κ3) is 4.42. The Morgan fingerprint density at radius 1 is 1.56 bits per heavy atom. The summed E-state index contributed by atoms with van der Waals surface area (Å²) in [6.45, 7) is 5.26. The Morgan fingerprint density at radius 2 is 2.28 bits per heavy atom. The van der Waals surface area contributed by atoms with Crippen LogP contribution in [-0.4, -0.2) is 46.3 Å². The smallest absolute Gasteiger partial charge is 0.320 e. The van der Waals surface area contributed by atoms with Gasteiger partial charge in [0.05, 0.1) is 6.10 Å². The summed E-state index contributed by atoms with van der Waals surface area (Å²) in [5, 5.41) is 19.1. The van der Waals surface area contributed by atoms with E-state index in [4.69, 9.17) is 0 Å². The van der Waals surface area contributed by atoms with Crippen molar-refractivity contribution in [3.8, 4) is 0 Å². The number of carboxylic acid groups (broad SMARTS) is 1. The average Bonchev–Trinajstić information content (AvgIpc) is 2.70. The SMILES string of the molecule is CC=C[C@@H]1C[C@H](C(=O)O)N(CC(O)CCCC)C1. The fraction of sp³-hybridized carbons (Fsp3) is 0.786. The molecule has 0 aliphatic carbocycles. The van der Waals surface area contributed by atoms with Gasteiger partial charge in [-0.15, -0.1) is 0 Å². The Kier molecular flexibility index (Phi) is 6.36. The molecule has 0 aromatic carbocycles. The van der Waals surface area contributed by atoms with Crippen molar-refractivity contribution < 1.29 is 15.0 Å². The Morgan fingerprint density at radius 3 is 2.83 bits per heavy atom. The molecule has 3 atom stereocenters. The zero-order chi connectivity index (χ0) is 13.5. The van der Waals surface area contributed by atoms with Crippen molar-refractivity contribution in [2.75, 3.05) is 13.1 Å². The van der Waals surface area contributed by atoms with Crippen LogP contribution in [-0.2, 0) is 4.79 Å². The standard InChI is InChI=1S/C14H25NO3/c1-3-5-7-12(16)10-15-9-11(6-4-2)8-13(15)14(17)18/h4,6,11-13,16H,3,5,7-10H2,1-2H3,(H,17,18)/t11-,12?,13-/m1/s1. The van der Waals surface area contributed by atoms with Gasteiger partial charge in [-0.25, -0.2) is 0 Å². The Bertz CT molecular complexity index is 291. The van der Waals surface area contributed by atoms with Gasteiger partial charge in [-0.05, 0) is 25.7 Å². The minimum atomic E-state index is -0.773. The molecule has 4 heteroatoms. The van der Waals surface area contributed by atoms with Gasteiger partial charge < -0.3 is 10.2 Å². The van der Waals surface area contributed by atoms with E-state index >= 15 is 0 Å². The van der Waals surface area contributed by atoms with Gasteiger partial charge in [0.15, 0.2) is 0 Å². The lowest BCUT2D eigenvalue weighted by Gasteiger charge is -2.23. The number of β-amino-alcohol motifs (C(OH)–C–C–N with tert-alkyl or cyclic N) is 1. The molecule has 4 nitrogen and oxygen atoms in total. The summed E-state index contributed by atoms with van der Waals surface area (Å²) in [7, 11) is 0. The molecule has 0 aromatic heterocycles. The second-order valence-corrected chi connectivity index (χ2v) is 5.13. The highest BCUT2D eigenvalue weighted by Crippen LogP contribution is 2.25. The van der Waals surface area contributed by atoms with Crippen molar-refractivity contribution in [2.24, 2.45) is 5.92 Å². The normalized spacial score (nSPS) is 26.8. The maximum atomic E-state index is 11.2. The molecule has 1 unspecified atom stereocenters. The molecule has 0 radical (unpaired) electrons. The fourth-order valence-electron chi connectivity index (χ4n) is 2.61. The van der Waals surface area contributed by atoms with E-state index in [1.165, 1.54) is 0 Å². The molecule has 0 aromatic rings. The number of nitrogens with zero attached hydrogens (tertiary/aromatic N) is 1. The van der Waals surface area contributed by atoms with E-state index in [0.29, 0.717) is 18.9 Å². The molecule has 2 N–H and O–H groups in total. The van der Waals surface area contributed by atoms with Crippen LogP contribution in [0.5, 0.6) is 0 Å². The summed E-state index contributed by atoms with van der Waals surface area (Å²) >= 11 is 0. The van der Waals surface area contributed by atoms with Gasteiger partial charge >= 0.3 is 5.97 Å². The first-order chi connectivity index (χ1) is 8.58. The predicted octanol–water partition coefficient (Wildman–Crippen LogP) is 1.89. The zero-order valence-corrected chi connectivity index (χ0v) is 11.4. The first-order valence-corrected chi connectivity index (χ1v) is 6.86. The number of unbranched alkanes of at least 4 members (excludes halogenated alkanes) is 1. The topological polar surface area (TPSA) is 60.8 Å². The van der Waals surface area contributed by atoms with E-state index in [-0.39, 0.29) is 0 Å². The van der Waals surface area contributed by atoms with E-state index in [2.05, 4.69) is 13.0 Å². The Labute approximate surface area is 109 Å². The molecular formula is C14H25NO3. The van der Waals surface area contributed by atoms with E-state index < -0.39 is 18.1 Å². The minimum absolute atomic E-state index is 0.300. The summed E-state index contributed by atoms with van der Waals surface area (Å²) in [5.74, 6) is -0.473. The van der Waals surface area contributed by atoms with Crippen LogP contribution in [0.3, 0.4) is 0 Å². The molecule has 0 spiro atoms. The van der Waals surface area contributed by atoms with Gasteiger partial charge in [0.25, 0.3) is 0 Å². The van der Waals surface area contributed by atoms with Gasteiger partial charge in [-0.3, -0.25) is 9.69 Å². The third-order valence-corrected chi connectivity index (χ3v) is 3.52. The summed E-state index contributed by atoms with van der Waals surface area (Å²) < 4.78 is 0. The molecule has 1 rings (SSSR count). The van der Waals surface area contributed by atoms with Crippen molar-refractivity contribution in [3.63, 3.8) is 0 Å². The molecule has 1 aliphatic heterocycles. The molecule has 1 fully saturated rings. The van der Waals surface area contributed by atoms with Crippen LogP contribution in [0.1, 0.15) is 39.5 Å². The highest BCUT2D eigenvalue weighted by molar-refractivity contribution is 5.74. The number of hydrogen-bond acceptors (Lipinski definition) is 3. The molecule has 0 bridgehead atoms. The second-order valence-electron chi connectivity index (χ2n) is 5.13. The van der Waals surface area contributed by atoms with Crippen LogP contribution >= 0.6 is 0 Å². The molecule has 1 heterocycles. The molecular weight excluding hydrogens is 230 g/mol. The molecule has 1 aliphatic rings. The predicted molar refractivity (Wildman–Crippen MR) is 71.4 cm³/mol. The maximum absolute atomic E-state index is 11.2. The number of allylic oxidation sites excluding steroid dienone is 1. The van der Waals surface area contributed by atoms with Crippen molar-refractivity contribution in [1.29, 1.82) is 0 Å². The van der Waals surface area contributed by atoms with Gasteiger partial charge in [-0.2, -0.15) is 0 Å². The first-order valence-electron chi connectivity index (χ1n) is 6.86. The van der Waals surface area contributed by atoms with Crippen molar-refractivity contribution >= 4 is 5.97 Å². The number of aliphatic carboxylic acids is 1. The second kappa shape index (κ2) is 7.54. The van der Waals surface area contributed by atoms with Gasteiger partial charge in [0.2, 0.25) is 0 Å². The van der Waals surface area contributed by atoms with Crippen molar-refractivity contribution in [1.82, 2.24) is 4.90 Å². The van der Waals surface area contributed by atoms with E-state index in [0.717, 1.165) is 25.8 Å². The number of carbonyl (C=O) groups is 1. The lowest BCUT2D eigenvalue weighted by molar-refractivity contribution is -0.142. The van der Waals surface area contributed by atoms with Crippen molar-refractivity contribution in [2.45, 2.75) is 51.7 Å². The number of aliphatic hydroxyl groups excluding tert-OH is 1. The summed E-state index contributed by atoms with van der Waals surface area (Å²) in [6.07, 6.45) is 7.09. The zero-order valence-electron chi connectivity index (χ0n) is 11.4. The summed E-state index contributed by atoms with van der Waals surface area (Å²) in [4.78, 5) is 13.1. The van der Waals surface area contributed by atoms with Crippen LogP contribution < -0.4 is 0 Å². The minimum Gasteiger partial charge on any atom is -0.480 e. The fourth-order valence-corrected chi connectivity index (χ4v) is 2.61. The van der Waals surface area contributed by atoms with Crippen molar-refractivity contribution in [3.05, 3.63) is 12.2 Å². The number of likely N-dealkylation sites (tertiary alicyclic amines) is 1. The third-order valence-electron chi connectivity index (χ3n) is 3.52. The lowest BCUT2D eigenvalue weighted by Crippen LogP contribution is -2.40. The number of rotatable bonds is 7. The van der Waals surface area contributed by atoms with E-state index in [9.17, 15) is 15.0 Å². The molecule has 1 saturated heterocycles. The van der Waals surface area contributed by atoms with Crippen LogP contribution in [0, 0.1) is 5.92 Å². The van der Waals surface area contributed by atoms with Gasteiger partial charge in [0, 0.05) is 13.1 Å². The first kappa shape index (κ1) is 15.2. The monoisotopic (exact) mass is 255 g/mol. The maximum Gasteiger partial charge on any atom is 0.320 e. The highest BCUT2D eigenvalue weighted by atomic mass is 16.4. The quantitative estimate of drug-likeness (QED) is 0.682. The van der Waals surface area contributed by atoms with Gasteiger partial charge in [0.1, 0.15) is 6.04 Å². The Hall–Kier alpha value is -0.870. The van der Waals surface area contributed by atoms with Crippen LogP contribution in [0.25, 0.3) is 0 Å². The molecule has 104 valence electrons. The Balaban J connectivity index is 2.53. The summed E-state index contributed by atoms with van der Waals surface area (Å²) in [6, 6.07) is -0.442. The summed E-state index contributed by atoms with van der Waals surface area (Å²) in [5.41, 5.74) is 0. The highest BCUT2D eigenvalue weighted by Gasteiger charge is 2.36. The average molecular weight is 255 g/mol. The van der Waals surface area contributed by atoms with Crippen LogP contribution in [0.4, 0.5) is 0 Å². The molecule has 18 heavy (non-hydrogen) atoms. The number of hydrogen-bond donors (Lipinski definition) is 2. The molecule has 0 amide bonds. The largest absolute Gasteiger partial charge is 0.480 e. The van der Waals surface area contributed by atoms with E-state index in [1.54, 1.807) is 0 Å². The van der Waals surface area contributed by atoms with E-state index in [1.807, 2.05) is 17.9 Å². The lowest BCUT2D eigenvalue weighted by atomic mass is 10.1. The molecule has 0 saturated carbocycles.